The average Bonchev–Trinajstić information content (AvgIpc) is 3.13. The number of ether oxygens (including phenoxy) is 2. The summed E-state index contributed by atoms with van der Waals surface area (Å²) in [6, 6.07) is 16.3. The Morgan fingerprint density at radius 2 is 1.93 bits per heavy atom. The van der Waals surface area contributed by atoms with Crippen LogP contribution in [-0.4, -0.2) is 57.3 Å². The molecule has 0 spiro atoms. The van der Waals surface area contributed by atoms with Crippen molar-refractivity contribution in [1.29, 1.82) is 0 Å². The van der Waals surface area contributed by atoms with E-state index in [9.17, 15) is 0 Å². The highest BCUT2D eigenvalue weighted by molar-refractivity contribution is 5.79. The number of likely N-dealkylation sites (N-methyl/N-ethyl adjacent to an activating group) is 1. The highest BCUT2D eigenvalue weighted by Gasteiger charge is 2.22. The van der Waals surface area contributed by atoms with E-state index in [-0.39, 0.29) is 6.10 Å². The first-order chi connectivity index (χ1) is 14.2. The Balaban J connectivity index is 1.56. The molecule has 3 rings (SSSR count). The van der Waals surface area contributed by atoms with Crippen LogP contribution < -0.4 is 20.1 Å². The predicted octanol–water partition coefficient (Wildman–Crippen LogP) is 2.69. The first kappa shape index (κ1) is 21.0. The van der Waals surface area contributed by atoms with E-state index in [1.54, 1.807) is 0 Å². The molecule has 29 heavy (non-hydrogen) atoms. The van der Waals surface area contributed by atoms with E-state index in [0.717, 1.165) is 42.5 Å². The van der Waals surface area contributed by atoms with Gasteiger partial charge in [-0.1, -0.05) is 36.4 Å². The van der Waals surface area contributed by atoms with Crippen molar-refractivity contribution in [3.05, 3.63) is 59.7 Å². The molecule has 0 bridgehead atoms. The van der Waals surface area contributed by atoms with Crippen LogP contribution in [0.4, 0.5) is 0 Å². The predicted molar refractivity (Wildman–Crippen MR) is 118 cm³/mol. The molecular weight excluding hydrogens is 364 g/mol. The van der Waals surface area contributed by atoms with Crippen molar-refractivity contribution in [2.24, 2.45) is 4.99 Å². The Bertz CT molecular complexity index is 782. The summed E-state index contributed by atoms with van der Waals surface area (Å²) in [7, 11) is 4.08. The number of benzene rings is 2. The maximum absolute atomic E-state index is 6.01. The van der Waals surface area contributed by atoms with Gasteiger partial charge in [-0.05, 0) is 38.7 Å². The standard InChI is InChI=1S/C23H32N4O2/c1-4-24-23(26-17-20-15-18-9-5-8-12-22(18)29-20)25-16-19-10-6-7-11-21(19)28-14-13-27(2)3/h5-12,20H,4,13-17H2,1-3H3,(H2,24,25,26). The van der Waals surface area contributed by atoms with Crippen LogP contribution >= 0.6 is 0 Å². The summed E-state index contributed by atoms with van der Waals surface area (Å²) in [6.45, 7) is 5.67. The molecule has 2 aromatic carbocycles. The van der Waals surface area contributed by atoms with Gasteiger partial charge in [0.15, 0.2) is 5.96 Å². The number of nitrogens with zero attached hydrogens (tertiary/aromatic N) is 2. The smallest absolute Gasteiger partial charge is 0.191 e. The van der Waals surface area contributed by atoms with Crippen LogP contribution in [0.1, 0.15) is 18.1 Å². The fourth-order valence-corrected chi connectivity index (χ4v) is 3.20. The SMILES string of the molecule is CCNC(=NCc1ccccc1OCCN(C)C)NCC1Cc2ccccc2O1. The van der Waals surface area contributed by atoms with Crippen LogP contribution in [-0.2, 0) is 13.0 Å². The molecule has 1 unspecified atom stereocenters. The second kappa shape index (κ2) is 10.7. The fraction of sp³-hybridized carbons (Fsp3) is 0.435. The van der Waals surface area contributed by atoms with Gasteiger partial charge in [0.05, 0.1) is 13.1 Å². The number of para-hydroxylation sites is 2. The Morgan fingerprint density at radius 3 is 2.72 bits per heavy atom. The van der Waals surface area contributed by atoms with Gasteiger partial charge in [-0.15, -0.1) is 0 Å². The van der Waals surface area contributed by atoms with Gasteiger partial charge in [0.2, 0.25) is 0 Å². The second-order valence-electron chi connectivity index (χ2n) is 7.39. The first-order valence-corrected chi connectivity index (χ1v) is 10.3. The minimum Gasteiger partial charge on any atom is -0.492 e. The molecule has 1 aliphatic rings. The van der Waals surface area contributed by atoms with E-state index < -0.39 is 0 Å². The van der Waals surface area contributed by atoms with E-state index >= 15 is 0 Å². The molecule has 2 N–H and O–H groups in total. The molecule has 0 aromatic heterocycles. The molecule has 2 aromatic rings. The zero-order valence-corrected chi connectivity index (χ0v) is 17.6. The van der Waals surface area contributed by atoms with E-state index in [2.05, 4.69) is 40.7 Å². The second-order valence-corrected chi connectivity index (χ2v) is 7.39. The monoisotopic (exact) mass is 396 g/mol. The lowest BCUT2D eigenvalue weighted by Gasteiger charge is -2.16. The molecule has 0 saturated heterocycles. The minimum atomic E-state index is 0.123. The number of guanidine groups is 1. The average molecular weight is 397 g/mol. The first-order valence-electron chi connectivity index (χ1n) is 10.3. The largest absolute Gasteiger partial charge is 0.492 e. The van der Waals surface area contributed by atoms with Crippen LogP contribution in [0.15, 0.2) is 53.5 Å². The number of hydrogen-bond donors (Lipinski definition) is 2. The molecule has 0 aliphatic carbocycles. The van der Waals surface area contributed by atoms with Crippen molar-refractivity contribution in [3.63, 3.8) is 0 Å². The quantitative estimate of drug-likeness (QED) is 0.504. The Labute approximate surface area is 173 Å². The number of fused-ring (bicyclic) bond motifs is 1. The number of nitrogens with one attached hydrogen (secondary N) is 2. The van der Waals surface area contributed by atoms with Gasteiger partial charge in [-0.3, -0.25) is 0 Å². The highest BCUT2D eigenvalue weighted by Crippen LogP contribution is 2.27. The molecule has 0 radical (unpaired) electrons. The number of rotatable bonds is 9. The van der Waals surface area contributed by atoms with Gasteiger partial charge in [0.1, 0.15) is 24.2 Å². The van der Waals surface area contributed by atoms with Crippen molar-refractivity contribution < 1.29 is 9.47 Å². The van der Waals surface area contributed by atoms with E-state index in [4.69, 9.17) is 14.5 Å². The summed E-state index contributed by atoms with van der Waals surface area (Å²) >= 11 is 0. The lowest BCUT2D eigenvalue weighted by molar-refractivity contribution is 0.235. The molecule has 6 heteroatoms. The molecule has 1 heterocycles. The lowest BCUT2D eigenvalue weighted by atomic mass is 10.1. The van der Waals surface area contributed by atoms with Gasteiger partial charge in [-0.25, -0.2) is 4.99 Å². The zero-order chi connectivity index (χ0) is 20.5. The van der Waals surface area contributed by atoms with Crippen molar-refractivity contribution in [2.45, 2.75) is 26.0 Å². The third-order valence-corrected chi connectivity index (χ3v) is 4.73. The van der Waals surface area contributed by atoms with Crippen LogP contribution in [0.3, 0.4) is 0 Å². The number of aliphatic imine (C=N–C) groups is 1. The topological polar surface area (TPSA) is 58.1 Å². The summed E-state index contributed by atoms with van der Waals surface area (Å²) in [6.07, 6.45) is 1.04. The molecule has 0 amide bonds. The molecule has 6 nitrogen and oxygen atoms in total. The minimum absolute atomic E-state index is 0.123. The van der Waals surface area contributed by atoms with E-state index in [0.29, 0.717) is 19.7 Å². The molecule has 1 aliphatic heterocycles. The van der Waals surface area contributed by atoms with Crippen LogP contribution in [0.5, 0.6) is 11.5 Å². The van der Waals surface area contributed by atoms with Crippen LogP contribution in [0, 0.1) is 0 Å². The van der Waals surface area contributed by atoms with E-state index in [1.807, 2.05) is 44.4 Å². The van der Waals surface area contributed by atoms with Gasteiger partial charge < -0.3 is 25.0 Å². The van der Waals surface area contributed by atoms with Crippen LogP contribution in [0.25, 0.3) is 0 Å². The Morgan fingerprint density at radius 1 is 1.14 bits per heavy atom. The van der Waals surface area contributed by atoms with Gasteiger partial charge in [-0.2, -0.15) is 0 Å². The third kappa shape index (κ3) is 6.39. The normalized spacial score (nSPS) is 15.7. The lowest BCUT2D eigenvalue weighted by Crippen LogP contribution is -2.42. The molecule has 156 valence electrons. The Hall–Kier alpha value is -2.73. The fourth-order valence-electron chi connectivity index (χ4n) is 3.20. The summed E-state index contributed by atoms with van der Waals surface area (Å²) in [5.41, 5.74) is 2.35. The van der Waals surface area contributed by atoms with Gasteiger partial charge in [0, 0.05) is 25.1 Å². The van der Waals surface area contributed by atoms with Gasteiger partial charge >= 0.3 is 0 Å². The summed E-state index contributed by atoms with van der Waals surface area (Å²) in [5.74, 6) is 2.67. The van der Waals surface area contributed by atoms with Crippen molar-refractivity contribution >= 4 is 5.96 Å². The maximum atomic E-state index is 6.01. The summed E-state index contributed by atoms with van der Waals surface area (Å²) in [4.78, 5) is 6.85. The highest BCUT2D eigenvalue weighted by atomic mass is 16.5. The van der Waals surface area contributed by atoms with Crippen LogP contribution in [0.2, 0.25) is 0 Å². The molecular formula is C23H32N4O2. The molecule has 0 saturated carbocycles. The van der Waals surface area contributed by atoms with Crippen molar-refractivity contribution in [3.8, 4) is 11.5 Å². The van der Waals surface area contributed by atoms with Gasteiger partial charge in [0.25, 0.3) is 0 Å². The summed E-state index contributed by atoms with van der Waals surface area (Å²) in [5, 5.41) is 6.72. The summed E-state index contributed by atoms with van der Waals surface area (Å²) < 4.78 is 12.0. The maximum Gasteiger partial charge on any atom is 0.191 e. The zero-order valence-electron chi connectivity index (χ0n) is 17.6. The van der Waals surface area contributed by atoms with E-state index in [1.165, 1.54) is 5.56 Å². The van der Waals surface area contributed by atoms with Crippen molar-refractivity contribution in [2.75, 3.05) is 40.3 Å². The van der Waals surface area contributed by atoms with Crippen molar-refractivity contribution in [1.82, 2.24) is 15.5 Å². The molecule has 0 fully saturated rings. The molecule has 1 atom stereocenters. The third-order valence-electron chi connectivity index (χ3n) is 4.73. The Kier molecular flexibility index (Phi) is 7.76. The number of hydrogen-bond acceptors (Lipinski definition) is 4.